The number of nitrogens with zero attached hydrogens (tertiary/aromatic N) is 1. The third kappa shape index (κ3) is 0.980. The second kappa shape index (κ2) is 3.21. The van der Waals surface area contributed by atoms with E-state index in [0.717, 1.165) is 4.90 Å². The van der Waals surface area contributed by atoms with Gasteiger partial charge in [-0.25, -0.2) is 9.69 Å². The quantitative estimate of drug-likeness (QED) is 0.674. The number of amides is 4. The van der Waals surface area contributed by atoms with Gasteiger partial charge in [-0.2, -0.15) is 0 Å². The van der Waals surface area contributed by atoms with Crippen molar-refractivity contribution in [2.45, 2.75) is 39.7 Å². The molecule has 2 saturated heterocycles. The monoisotopic (exact) mass is 280 g/mol. The van der Waals surface area contributed by atoms with E-state index in [9.17, 15) is 24.3 Å². The average Bonchev–Trinajstić information content (AvgIpc) is 2.68. The number of hydrogen-bond donors (Lipinski definition) is 2. The van der Waals surface area contributed by atoms with Crippen LogP contribution in [0.5, 0.6) is 0 Å². The second-order valence-corrected chi connectivity index (χ2v) is 6.61. The van der Waals surface area contributed by atoms with Crippen molar-refractivity contribution in [3.8, 4) is 0 Å². The molecule has 7 nitrogen and oxygen atoms in total. The number of carbonyl (C=O) groups is 4. The molecule has 3 fully saturated rings. The molecule has 0 aromatic carbocycles. The molecule has 2 bridgehead atoms. The van der Waals surface area contributed by atoms with Gasteiger partial charge in [-0.1, -0.05) is 20.8 Å². The third-order valence-electron chi connectivity index (χ3n) is 6.01. The lowest BCUT2D eigenvalue weighted by atomic mass is 9.53. The molecule has 108 valence electrons. The van der Waals surface area contributed by atoms with Crippen molar-refractivity contribution < 1.29 is 24.3 Å². The Bertz CT molecular complexity index is 583. The molecule has 2 aliphatic heterocycles. The molecule has 3 unspecified atom stereocenters. The maximum absolute atomic E-state index is 12.6. The highest BCUT2D eigenvalue weighted by Crippen LogP contribution is 2.68. The molecule has 0 spiro atoms. The summed E-state index contributed by atoms with van der Waals surface area (Å²) in [6.07, 6.45) is 0.568. The number of hydrogen-bond acceptors (Lipinski definition) is 4. The number of imide groups is 2. The third-order valence-corrected chi connectivity index (χ3v) is 6.01. The van der Waals surface area contributed by atoms with Gasteiger partial charge in [0.2, 0.25) is 5.91 Å². The average molecular weight is 280 g/mol. The first-order chi connectivity index (χ1) is 9.11. The van der Waals surface area contributed by atoms with Crippen LogP contribution in [0.25, 0.3) is 0 Å². The van der Waals surface area contributed by atoms with Gasteiger partial charge in [-0.3, -0.25) is 19.7 Å². The SMILES string of the molecule is CC12CCC(C(=O)O)(C3C(=O)NC(=O)N3C1=O)C2(C)C. The fraction of sp³-hybridized carbons (Fsp3) is 0.692. The fourth-order valence-corrected chi connectivity index (χ4v) is 4.30. The first kappa shape index (κ1) is 13.1. The van der Waals surface area contributed by atoms with Gasteiger partial charge in [0.25, 0.3) is 5.91 Å². The van der Waals surface area contributed by atoms with Gasteiger partial charge in [0.05, 0.1) is 5.41 Å². The van der Waals surface area contributed by atoms with E-state index in [4.69, 9.17) is 0 Å². The summed E-state index contributed by atoms with van der Waals surface area (Å²) in [5.74, 6) is -2.27. The molecule has 2 N–H and O–H groups in total. The van der Waals surface area contributed by atoms with E-state index in [0.29, 0.717) is 6.42 Å². The summed E-state index contributed by atoms with van der Waals surface area (Å²) in [4.78, 5) is 49.3. The van der Waals surface area contributed by atoms with Crippen LogP contribution in [-0.4, -0.2) is 39.9 Å². The Labute approximate surface area is 115 Å². The maximum Gasteiger partial charge on any atom is 0.331 e. The minimum absolute atomic E-state index is 0.208. The highest BCUT2D eigenvalue weighted by atomic mass is 16.4. The summed E-state index contributed by atoms with van der Waals surface area (Å²) in [6.45, 7) is 5.10. The minimum atomic E-state index is -1.42. The van der Waals surface area contributed by atoms with Crippen LogP contribution in [0.1, 0.15) is 33.6 Å². The number of aliphatic carboxylic acids is 1. The van der Waals surface area contributed by atoms with Gasteiger partial charge in [0, 0.05) is 0 Å². The van der Waals surface area contributed by atoms with Crippen LogP contribution in [0.3, 0.4) is 0 Å². The summed E-state index contributed by atoms with van der Waals surface area (Å²) >= 11 is 0. The first-order valence-electron chi connectivity index (χ1n) is 6.53. The number of piperidine rings is 1. The summed E-state index contributed by atoms with van der Waals surface area (Å²) < 4.78 is 0. The summed E-state index contributed by atoms with van der Waals surface area (Å²) in [6, 6.07) is -2.05. The molecular formula is C13H16N2O5. The number of fused-ring (bicyclic) bond motifs is 4. The molecule has 4 amide bonds. The van der Waals surface area contributed by atoms with Crippen LogP contribution in [0, 0.1) is 16.2 Å². The largest absolute Gasteiger partial charge is 0.481 e. The molecule has 3 atom stereocenters. The normalized spacial score (nSPS) is 41.6. The molecule has 3 aliphatic rings. The van der Waals surface area contributed by atoms with Crippen LogP contribution in [0.4, 0.5) is 4.79 Å². The standard InChI is InChI=1S/C13H16N2O5/c1-11(2)12(3)4-5-13(11,9(18)19)6-7(16)14-10(20)15(6)8(12)17/h6H,4-5H2,1-3H3,(H,18,19)(H,14,16,20). The molecule has 0 radical (unpaired) electrons. The van der Waals surface area contributed by atoms with E-state index in [1.54, 1.807) is 20.8 Å². The number of carbonyl (C=O) groups excluding carboxylic acids is 3. The Morgan fingerprint density at radius 1 is 1.25 bits per heavy atom. The molecular weight excluding hydrogens is 264 g/mol. The molecule has 0 aromatic heterocycles. The van der Waals surface area contributed by atoms with E-state index in [-0.39, 0.29) is 6.42 Å². The zero-order chi connectivity index (χ0) is 15.1. The zero-order valence-corrected chi connectivity index (χ0v) is 11.5. The van der Waals surface area contributed by atoms with Crippen LogP contribution < -0.4 is 5.32 Å². The molecule has 1 saturated carbocycles. The van der Waals surface area contributed by atoms with E-state index in [1.807, 2.05) is 0 Å². The zero-order valence-electron chi connectivity index (χ0n) is 11.5. The van der Waals surface area contributed by atoms with Gasteiger partial charge >= 0.3 is 12.0 Å². The predicted octanol–water partition coefficient (Wildman–Crippen LogP) is 0.344. The van der Waals surface area contributed by atoms with Crippen molar-refractivity contribution >= 4 is 23.8 Å². The lowest BCUT2D eigenvalue weighted by Crippen LogP contribution is -2.68. The minimum Gasteiger partial charge on any atom is -0.481 e. The number of rotatable bonds is 1. The van der Waals surface area contributed by atoms with Crippen LogP contribution in [0.2, 0.25) is 0 Å². The Balaban J connectivity index is 2.32. The van der Waals surface area contributed by atoms with Gasteiger partial charge in [0.1, 0.15) is 11.5 Å². The molecule has 2 heterocycles. The van der Waals surface area contributed by atoms with Crippen molar-refractivity contribution in [3.05, 3.63) is 0 Å². The number of nitrogens with one attached hydrogen (secondary N) is 1. The maximum atomic E-state index is 12.6. The smallest absolute Gasteiger partial charge is 0.331 e. The summed E-state index contributed by atoms with van der Waals surface area (Å²) in [5.41, 5.74) is -3.29. The molecule has 1 aliphatic carbocycles. The number of carboxylic acids is 1. The van der Waals surface area contributed by atoms with Crippen molar-refractivity contribution in [2.75, 3.05) is 0 Å². The lowest BCUT2D eigenvalue weighted by Gasteiger charge is -2.53. The number of carboxylic acid groups (broad SMARTS) is 1. The summed E-state index contributed by atoms with van der Waals surface area (Å²) in [5, 5.41) is 11.8. The van der Waals surface area contributed by atoms with E-state index >= 15 is 0 Å². The van der Waals surface area contributed by atoms with E-state index in [2.05, 4.69) is 5.32 Å². The Morgan fingerprint density at radius 3 is 2.40 bits per heavy atom. The van der Waals surface area contributed by atoms with Gasteiger partial charge < -0.3 is 5.11 Å². The Kier molecular flexibility index (Phi) is 2.10. The lowest BCUT2D eigenvalue weighted by molar-refractivity contribution is -0.183. The topological polar surface area (TPSA) is 104 Å². The van der Waals surface area contributed by atoms with Crippen LogP contribution in [0.15, 0.2) is 0 Å². The van der Waals surface area contributed by atoms with Crippen molar-refractivity contribution in [3.63, 3.8) is 0 Å². The predicted molar refractivity (Wildman–Crippen MR) is 65.4 cm³/mol. The van der Waals surface area contributed by atoms with Crippen LogP contribution in [-0.2, 0) is 14.4 Å². The van der Waals surface area contributed by atoms with Crippen molar-refractivity contribution in [1.82, 2.24) is 10.2 Å². The van der Waals surface area contributed by atoms with Crippen LogP contribution >= 0.6 is 0 Å². The molecule has 0 aromatic rings. The highest BCUT2D eigenvalue weighted by molar-refractivity contribution is 6.16. The van der Waals surface area contributed by atoms with Crippen molar-refractivity contribution in [1.29, 1.82) is 0 Å². The molecule has 3 rings (SSSR count). The van der Waals surface area contributed by atoms with E-state index in [1.165, 1.54) is 0 Å². The van der Waals surface area contributed by atoms with Crippen molar-refractivity contribution in [2.24, 2.45) is 16.2 Å². The Hall–Kier alpha value is -1.92. The summed E-state index contributed by atoms with van der Waals surface area (Å²) in [7, 11) is 0. The Morgan fingerprint density at radius 2 is 1.85 bits per heavy atom. The van der Waals surface area contributed by atoms with E-state index < -0.39 is 46.1 Å². The van der Waals surface area contributed by atoms with Gasteiger partial charge in [-0.05, 0) is 18.3 Å². The number of urea groups is 1. The molecule has 7 heteroatoms. The highest BCUT2D eigenvalue weighted by Gasteiger charge is 2.78. The molecule has 20 heavy (non-hydrogen) atoms. The van der Waals surface area contributed by atoms with Gasteiger partial charge in [-0.15, -0.1) is 0 Å². The second-order valence-electron chi connectivity index (χ2n) is 6.61. The first-order valence-corrected chi connectivity index (χ1v) is 6.53. The fourth-order valence-electron chi connectivity index (χ4n) is 4.30. The van der Waals surface area contributed by atoms with Gasteiger partial charge in [0.15, 0.2) is 0 Å².